The van der Waals surface area contributed by atoms with E-state index < -0.39 is 0 Å². The maximum absolute atomic E-state index is 2.49. The normalized spacial score (nSPS) is 18.3. The van der Waals surface area contributed by atoms with Crippen LogP contribution in [0.2, 0.25) is 0 Å². The molecule has 1 saturated heterocycles. The van der Waals surface area contributed by atoms with Gasteiger partial charge in [-0.1, -0.05) is 25.8 Å². The second-order valence-corrected chi connectivity index (χ2v) is 3.99. The summed E-state index contributed by atoms with van der Waals surface area (Å²) >= 11 is 0. The smallest absolute Gasteiger partial charge is 0.0173 e. The molecular formula is C12H23N. The molecule has 0 aromatic carbocycles. The largest absolute Gasteiger partial charge is 0.377 e. The number of nitrogens with zero attached hydrogens (tertiary/aromatic N) is 1. The topological polar surface area (TPSA) is 3.24 Å². The minimum atomic E-state index is 1.23. The van der Waals surface area contributed by atoms with Crippen LogP contribution in [-0.4, -0.2) is 18.0 Å². The van der Waals surface area contributed by atoms with Crippen molar-refractivity contribution in [1.82, 2.24) is 4.90 Å². The third kappa shape index (κ3) is 3.84. The molecule has 13 heavy (non-hydrogen) atoms. The Morgan fingerprint density at radius 1 is 1.23 bits per heavy atom. The third-order valence-corrected chi connectivity index (χ3v) is 2.81. The molecule has 1 heteroatoms. The van der Waals surface area contributed by atoms with Crippen molar-refractivity contribution in [1.29, 1.82) is 0 Å². The Hall–Kier alpha value is -0.460. The monoisotopic (exact) mass is 181 g/mol. The lowest BCUT2D eigenvalue weighted by Crippen LogP contribution is -2.11. The van der Waals surface area contributed by atoms with Gasteiger partial charge in [0.1, 0.15) is 0 Å². The van der Waals surface area contributed by atoms with Gasteiger partial charge in [-0.15, -0.1) is 0 Å². The molecule has 0 amide bonds. The molecule has 0 unspecified atom stereocenters. The predicted octanol–water partition coefficient (Wildman–Crippen LogP) is 3.57. The minimum Gasteiger partial charge on any atom is -0.377 e. The lowest BCUT2D eigenvalue weighted by Gasteiger charge is -2.14. The van der Waals surface area contributed by atoms with Crippen molar-refractivity contribution in [2.75, 3.05) is 13.1 Å². The molecule has 0 bridgehead atoms. The van der Waals surface area contributed by atoms with E-state index in [1.807, 2.05) is 0 Å². The van der Waals surface area contributed by atoms with Crippen molar-refractivity contribution >= 4 is 0 Å². The fraction of sp³-hybridized carbons (Fsp3) is 0.833. The van der Waals surface area contributed by atoms with Crippen LogP contribution in [0, 0.1) is 0 Å². The lowest BCUT2D eigenvalue weighted by molar-refractivity contribution is 0.459. The molecule has 76 valence electrons. The van der Waals surface area contributed by atoms with Gasteiger partial charge in [0.25, 0.3) is 0 Å². The molecule has 1 aliphatic rings. The average molecular weight is 181 g/mol. The first-order chi connectivity index (χ1) is 6.36. The molecule has 0 spiro atoms. The van der Waals surface area contributed by atoms with Crippen LogP contribution in [0.4, 0.5) is 0 Å². The fourth-order valence-corrected chi connectivity index (χ4v) is 1.87. The SMILES string of the molecule is CCCC/C(=C/N1CCCC1)CC. The summed E-state index contributed by atoms with van der Waals surface area (Å²) in [5.74, 6) is 0. The predicted molar refractivity (Wildman–Crippen MR) is 58.7 cm³/mol. The molecule has 1 aliphatic heterocycles. The van der Waals surface area contributed by atoms with Crippen molar-refractivity contribution in [3.63, 3.8) is 0 Å². The Kier molecular flexibility index (Phi) is 4.95. The summed E-state index contributed by atoms with van der Waals surface area (Å²) in [4.78, 5) is 2.49. The van der Waals surface area contributed by atoms with Crippen LogP contribution >= 0.6 is 0 Å². The summed E-state index contributed by atoms with van der Waals surface area (Å²) < 4.78 is 0. The van der Waals surface area contributed by atoms with E-state index in [-0.39, 0.29) is 0 Å². The van der Waals surface area contributed by atoms with Crippen LogP contribution < -0.4 is 0 Å². The Balaban J connectivity index is 2.33. The highest BCUT2D eigenvalue weighted by atomic mass is 15.1. The number of allylic oxidation sites excluding steroid dienone is 1. The van der Waals surface area contributed by atoms with E-state index in [0.717, 1.165) is 0 Å². The zero-order chi connectivity index (χ0) is 9.52. The number of hydrogen-bond donors (Lipinski definition) is 0. The van der Waals surface area contributed by atoms with E-state index in [9.17, 15) is 0 Å². The summed E-state index contributed by atoms with van der Waals surface area (Å²) in [6.45, 7) is 7.12. The number of rotatable bonds is 5. The highest BCUT2D eigenvalue weighted by molar-refractivity contribution is 5.01. The maximum Gasteiger partial charge on any atom is 0.0173 e. The van der Waals surface area contributed by atoms with Crippen LogP contribution in [0.25, 0.3) is 0 Å². The van der Waals surface area contributed by atoms with Gasteiger partial charge < -0.3 is 4.90 Å². The molecule has 0 saturated carbocycles. The molecule has 0 aromatic heterocycles. The Morgan fingerprint density at radius 3 is 2.46 bits per heavy atom. The first-order valence-electron chi connectivity index (χ1n) is 5.80. The van der Waals surface area contributed by atoms with Gasteiger partial charge >= 0.3 is 0 Å². The Bertz CT molecular complexity index is 155. The zero-order valence-electron chi connectivity index (χ0n) is 9.18. The molecule has 1 rings (SSSR count). The second-order valence-electron chi connectivity index (χ2n) is 3.99. The van der Waals surface area contributed by atoms with Gasteiger partial charge in [-0.2, -0.15) is 0 Å². The summed E-state index contributed by atoms with van der Waals surface area (Å²) in [6.07, 6.45) is 10.4. The van der Waals surface area contributed by atoms with Gasteiger partial charge in [-0.25, -0.2) is 0 Å². The van der Waals surface area contributed by atoms with Gasteiger partial charge in [-0.3, -0.25) is 0 Å². The minimum absolute atomic E-state index is 1.23. The van der Waals surface area contributed by atoms with E-state index in [1.54, 1.807) is 5.57 Å². The van der Waals surface area contributed by atoms with E-state index in [2.05, 4.69) is 24.9 Å². The van der Waals surface area contributed by atoms with Gasteiger partial charge in [0, 0.05) is 13.1 Å². The van der Waals surface area contributed by atoms with Crippen molar-refractivity contribution < 1.29 is 0 Å². The van der Waals surface area contributed by atoms with Gasteiger partial charge in [0.2, 0.25) is 0 Å². The summed E-state index contributed by atoms with van der Waals surface area (Å²) in [7, 11) is 0. The molecule has 1 fully saturated rings. The molecule has 0 aliphatic carbocycles. The molecule has 0 N–H and O–H groups in total. The molecule has 0 aromatic rings. The maximum atomic E-state index is 2.49. The summed E-state index contributed by atoms with van der Waals surface area (Å²) in [6, 6.07) is 0. The fourth-order valence-electron chi connectivity index (χ4n) is 1.87. The van der Waals surface area contributed by atoms with Crippen molar-refractivity contribution in [2.45, 2.75) is 52.4 Å². The highest BCUT2D eigenvalue weighted by Crippen LogP contribution is 2.15. The molecule has 0 atom stereocenters. The van der Waals surface area contributed by atoms with E-state index in [1.165, 1.54) is 51.6 Å². The Morgan fingerprint density at radius 2 is 1.92 bits per heavy atom. The number of likely N-dealkylation sites (tertiary alicyclic amines) is 1. The third-order valence-electron chi connectivity index (χ3n) is 2.81. The number of hydrogen-bond acceptors (Lipinski definition) is 1. The highest BCUT2D eigenvalue weighted by Gasteiger charge is 2.07. The van der Waals surface area contributed by atoms with Crippen LogP contribution in [0.1, 0.15) is 52.4 Å². The summed E-state index contributed by atoms with van der Waals surface area (Å²) in [5.41, 5.74) is 1.64. The van der Waals surface area contributed by atoms with Crippen molar-refractivity contribution in [2.24, 2.45) is 0 Å². The zero-order valence-corrected chi connectivity index (χ0v) is 9.18. The van der Waals surface area contributed by atoms with Gasteiger partial charge in [0.15, 0.2) is 0 Å². The molecule has 1 nitrogen and oxygen atoms in total. The summed E-state index contributed by atoms with van der Waals surface area (Å²) in [5, 5.41) is 0. The van der Waals surface area contributed by atoms with Gasteiger partial charge in [0.05, 0.1) is 0 Å². The molecule has 0 radical (unpaired) electrons. The van der Waals surface area contributed by atoms with Crippen LogP contribution in [0.3, 0.4) is 0 Å². The lowest BCUT2D eigenvalue weighted by atomic mass is 10.1. The van der Waals surface area contributed by atoms with E-state index in [0.29, 0.717) is 0 Å². The quantitative estimate of drug-likeness (QED) is 0.627. The van der Waals surface area contributed by atoms with Crippen LogP contribution in [0.5, 0.6) is 0 Å². The first kappa shape index (κ1) is 10.6. The Labute approximate surface area is 82.8 Å². The number of unbranched alkanes of at least 4 members (excludes halogenated alkanes) is 1. The second kappa shape index (κ2) is 6.06. The average Bonchev–Trinajstić information content (AvgIpc) is 2.64. The van der Waals surface area contributed by atoms with Gasteiger partial charge in [-0.05, 0) is 38.3 Å². The standard InChI is InChI=1S/C12H23N/c1-3-5-8-12(4-2)11-13-9-6-7-10-13/h11H,3-10H2,1-2H3/b12-11+. The van der Waals surface area contributed by atoms with Crippen molar-refractivity contribution in [3.8, 4) is 0 Å². The van der Waals surface area contributed by atoms with Crippen molar-refractivity contribution in [3.05, 3.63) is 11.8 Å². The van der Waals surface area contributed by atoms with Crippen LogP contribution in [0.15, 0.2) is 11.8 Å². The molecular weight excluding hydrogens is 158 g/mol. The van der Waals surface area contributed by atoms with Crippen LogP contribution in [-0.2, 0) is 0 Å². The van der Waals surface area contributed by atoms with E-state index >= 15 is 0 Å². The molecule has 1 heterocycles. The van der Waals surface area contributed by atoms with E-state index in [4.69, 9.17) is 0 Å². The first-order valence-corrected chi connectivity index (χ1v) is 5.80.